The lowest BCUT2D eigenvalue weighted by atomic mass is 10.1. The predicted molar refractivity (Wildman–Crippen MR) is 58.2 cm³/mol. The number of carbonyl (C=O) groups excluding carboxylic acids is 1. The number of esters is 1. The Bertz CT molecular complexity index is 361. The third-order valence-electron chi connectivity index (χ3n) is 1.85. The highest BCUT2D eigenvalue weighted by Crippen LogP contribution is 2.22. The van der Waals surface area contributed by atoms with Gasteiger partial charge in [-0.1, -0.05) is 0 Å². The maximum atomic E-state index is 11.4. The number of aromatic hydroxyl groups is 1. The molecular weight excluding hydrogens is 194 g/mol. The number of phenols is 1. The van der Waals surface area contributed by atoms with Crippen molar-refractivity contribution in [2.45, 2.75) is 19.9 Å². The Morgan fingerprint density at radius 2 is 2.13 bits per heavy atom. The zero-order chi connectivity index (χ0) is 11.4. The summed E-state index contributed by atoms with van der Waals surface area (Å²) in [7, 11) is 1.31. The first-order valence-electron chi connectivity index (χ1n) is 4.72. The van der Waals surface area contributed by atoms with Crippen LogP contribution in [-0.4, -0.2) is 24.2 Å². The van der Waals surface area contributed by atoms with Crippen molar-refractivity contribution in [2.24, 2.45) is 0 Å². The molecule has 0 heterocycles. The molecule has 82 valence electrons. The molecule has 0 bridgehead atoms. The van der Waals surface area contributed by atoms with E-state index >= 15 is 0 Å². The second-order valence-corrected chi connectivity index (χ2v) is 3.52. The van der Waals surface area contributed by atoms with Gasteiger partial charge in [-0.2, -0.15) is 0 Å². The van der Waals surface area contributed by atoms with E-state index in [1.165, 1.54) is 19.2 Å². The predicted octanol–water partition coefficient (Wildman–Crippen LogP) is 2.00. The van der Waals surface area contributed by atoms with Gasteiger partial charge in [0.25, 0.3) is 0 Å². The summed E-state index contributed by atoms with van der Waals surface area (Å²) >= 11 is 0. The first kappa shape index (κ1) is 11.4. The molecule has 0 unspecified atom stereocenters. The fourth-order valence-electron chi connectivity index (χ4n) is 1.25. The minimum absolute atomic E-state index is 0.0460. The van der Waals surface area contributed by atoms with Crippen LogP contribution in [0.15, 0.2) is 18.2 Å². The lowest BCUT2D eigenvalue weighted by Gasteiger charge is -2.13. The van der Waals surface area contributed by atoms with E-state index in [-0.39, 0.29) is 11.8 Å². The third kappa shape index (κ3) is 2.87. The minimum Gasteiger partial charge on any atom is -0.508 e. The van der Waals surface area contributed by atoms with Crippen molar-refractivity contribution >= 4 is 11.7 Å². The van der Waals surface area contributed by atoms with E-state index in [4.69, 9.17) is 0 Å². The maximum absolute atomic E-state index is 11.4. The van der Waals surface area contributed by atoms with Crippen molar-refractivity contribution in [2.75, 3.05) is 12.4 Å². The highest BCUT2D eigenvalue weighted by molar-refractivity contribution is 5.96. The Kier molecular flexibility index (Phi) is 3.55. The zero-order valence-corrected chi connectivity index (χ0v) is 9.07. The lowest BCUT2D eigenvalue weighted by molar-refractivity contribution is 0.0601. The maximum Gasteiger partial charge on any atom is 0.340 e. The summed E-state index contributed by atoms with van der Waals surface area (Å²) in [5.74, 6) is -0.418. The van der Waals surface area contributed by atoms with Gasteiger partial charge in [-0.15, -0.1) is 0 Å². The Hall–Kier alpha value is -1.71. The molecule has 1 aromatic rings. The summed E-state index contributed by atoms with van der Waals surface area (Å²) < 4.78 is 4.62. The molecule has 2 N–H and O–H groups in total. The minimum atomic E-state index is -0.464. The van der Waals surface area contributed by atoms with Crippen LogP contribution in [0.3, 0.4) is 0 Å². The lowest BCUT2D eigenvalue weighted by Crippen LogP contribution is -2.14. The van der Waals surface area contributed by atoms with Gasteiger partial charge < -0.3 is 15.2 Å². The average molecular weight is 209 g/mol. The second-order valence-electron chi connectivity index (χ2n) is 3.52. The number of hydrogen-bond acceptors (Lipinski definition) is 4. The third-order valence-corrected chi connectivity index (χ3v) is 1.85. The van der Waals surface area contributed by atoms with Crippen LogP contribution >= 0.6 is 0 Å². The standard InChI is InChI=1S/C11H15NO3/c1-7(2)12-10-5-4-8(13)6-9(10)11(14)15-3/h4-7,12-13H,1-3H3. The highest BCUT2D eigenvalue weighted by atomic mass is 16.5. The molecule has 4 nitrogen and oxygen atoms in total. The van der Waals surface area contributed by atoms with E-state index in [1.807, 2.05) is 13.8 Å². The van der Waals surface area contributed by atoms with Gasteiger partial charge >= 0.3 is 5.97 Å². The number of anilines is 1. The normalized spacial score (nSPS) is 10.1. The largest absolute Gasteiger partial charge is 0.508 e. The number of methoxy groups -OCH3 is 1. The Morgan fingerprint density at radius 3 is 2.67 bits per heavy atom. The molecule has 0 radical (unpaired) electrons. The van der Waals surface area contributed by atoms with E-state index in [1.54, 1.807) is 6.07 Å². The van der Waals surface area contributed by atoms with Crippen LogP contribution in [0.5, 0.6) is 5.75 Å². The number of benzene rings is 1. The van der Waals surface area contributed by atoms with Crippen LogP contribution in [0.2, 0.25) is 0 Å². The molecule has 15 heavy (non-hydrogen) atoms. The molecule has 0 aromatic heterocycles. The molecule has 0 saturated carbocycles. The zero-order valence-electron chi connectivity index (χ0n) is 9.07. The average Bonchev–Trinajstić information content (AvgIpc) is 2.19. The fourth-order valence-corrected chi connectivity index (χ4v) is 1.25. The van der Waals surface area contributed by atoms with Crippen molar-refractivity contribution in [1.29, 1.82) is 0 Å². The highest BCUT2D eigenvalue weighted by Gasteiger charge is 2.13. The van der Waals surface area contributed by atoms with Crippen LogP contribution in [0.4, 0.5) is 5.69 Å². The first-order chi connectivity index (χ1) is 7.04. The number of nitrogens with one attached hydrogen (secondary N) is 1. The number of phenolic OH excluding ortho intramolecular Hbond substituents is 1. The summed E-state index contributed by atoms with van der Waals surface area (Å²) in [5.41, 5.74) is 1.00. The van der Waals surface area contributed by atoms with Gasteiger partial charge in [0.1, 0.15) is 5.75 Å². The summed E-state index contributed by atoms with van der Waals surface area (Å²) in [6.45, 7) is 3.93. The number of ether oxygens (including phenoxy) is 1. The van der Waals surface area contributed by atoms with Crippen LogP contribution in [0, 0.1) is 0 Å². The van der Waals surface area contributed by atoms with Crippen molar-refractivity contribution in [1.82, 2.24) is 0 Å². The smallest absolute Gasteiger partial charge is 0.340 e. The molecule has 1 rings (SSSR count). The molecule has 0 saturated heterocycles. The Balaban J connectivity index is 3.08. The van der Waals surface area contributed by atoms with Crippen LogP contribution in [0.1, 0.15) is 24.2 Å². The second kappa shape index (κ2) is 4.68. The number of hydrogen-bond donors (Lipinski definition) is 2. The molecule has 0 atom stereocenters. The van der Waals surface area contributed by atoms with E-state index in [0.29, 0.717) is 11.3 Å². The SMILES string of the molecule is COC(=O)c1cc(O)ccc1NC(C)C. The van der Waals surface area contributed by atoms with Gasteiger partial charge in [0.2, 0.25) is 0 Å². The molecule has 0 amide bonds. The molecule has 0 aliphatic rings. The van der Waals surface area contributed by atoms with E-state index in [0.717, 1.165) is 0 Å². The molecule has 4 heteroatoms. The van der Waals surface area contributed by atoms with Gasteiger partial charge in [-0.05, 0) is 32.0 Å². The summed E-state index contributed by atoms with van der Waals surface area (Å²) in [5, 5.41) is 12.4. The van der Waals surface area contributed by atoms with E-state index < -0.39 is 5.97 Å². The molecule has 0 aliphatic heterocycles. The van der Waals surface area contributed by atoms with Gasteiger partial charge in [-0.25, -0.2) is 4.79 Å². The molecule has 0 aliphatic carbocycles. The molecule has 1 aromatic carbocycles. The molecular formula is C11H15NO3. The molecule has 0 spiro atoms. The Morgan fingerprint density at radius 1 is 1.47 bits per heavy atom. The van der Waals surface area contributed by atoms with Crippen LogP contribution in [-0.2, 0) is 4.74 Å². The monoisotopic (exact) mass is 209 g/mol. The first-order valence-corrected chi connectivity index (χ1v) is 4.72. The topological polar surface area (TPSA) is 58.6 Å². The van der Waals surface area contributed by atoms with Crippen molar-refractivity contribution in [3.63, 3.8) is 0 Å². The number of carbonyl (C=O) groups is 1. The van der Waals surface area contributed by atoms with Gasteiger partial charge in [0, 0.05) is 11.7 Å². The summed E-state index contributed by atoms with van der Waals surface area (Å²) in [6, 6.07) is 4.77. The Labute approximate surface area is 88.9 Å². The quantitative estimate of drug-likeness (QED) is 0.590. The van der Waals surface area contributed by atoms with Crippen molar-refractivity contribution < 1.29 is 14.6 Å². The van der Waals surface area contributed by atoms with Crippen LogP contribution in [0.25, 0.3) is 0 Å². The van der Waals surface area contributed by atoms with Crippen LogP contribution < -0.4 is 5.32 Å². The van der Waals surface area contributed by atoms with Crippen molar-refractivity contribution in [3.8, 4) is 5.75 Å². The van der Waals surface area contributed by atoms with E-state index in [9.17, 15) is 9.90 Å². The fraction of sp³-hybridized carbons (Fsp3) is 0.364. The van der Waals surface area contributed by atoms with Gasteiger partial charge in [0.05, 0.1) is 12.7 Å². The van der Waals surface area contributed by atoms with E-state index in [2.05, 4.69) is 10.1 Å². The number of rotatable bonds is 3. The van der Waals surface area contributed by atoms with Gasteiger partial charge in [-0.3, -0.25) is 0 Å². The summed E-state index contributed by atoms with van der Waals surface area (Å²) in [6.07, 6.45) is 0. The van der Waals surface area contributed by atoms with Gasteiger partial charge in [0.15, 0.2) is 0 Å². The van der Waals surface area contributed by atoms with Crippen molar-refractivity contribution in [3.05, 3.63) is 23.8 Å². The molecule has 0 fully saturated rings. The summed E-state index contributed by atoms with van der Waals surface area (Å²) in [4.78, 5) is 11.4.